The van der Waals surface area contributed by atoms with Gasteiger partial charge in [0.05, 0.1) is 25.5 Å². The summed E-state index contributed by atoms with van der Waals surface area (Å²) in [5, 5.41) is 18.6. The van der Waals surface area contributed by atoms with E-state index in [0.717, 1.165) is 53.9 Å². The van der Waals surface area contributed by atoms with E-state index in [-0.39, 0.29) is 36.7 Å². The second kappa shape index (κ2) is 15.0. The average Bonchev–Trinajstić information content (AvgIpc) is 3.47. The number of hydrogen-bond acceptors (Lipinski definition) is 7. The smallest absolute Gasteiger partial charge is 0.319 e. The highest BCUT2D eigenvalue weighted by Crippen LogP contribution is 2.43. The summed E-state index contributed by atoms with van der Waals surface area (Å²) in [6, 6.07) is 35.1. The molecule has 0 radical (unpaired) electrons. The first-order valence-electron chi connectivity index (χ1n) is 17.4. The molecule has 0 bridgehead atoms. The molecule has 7 rings (SSSR count). The Kier molecular flexibility index (Phi) is 10.1. The predicted molar refractivity (Wildman–Crippen MR) is 192 cm³/mol. The Morgan fingerprint density at radius 3 is 2.32 bits per heavy atom. The van der Waals surface area contributed by atoms with Crippen LogP contribution in [-0.2, 0) is 27.4 Å². The van der Waals surface area contributed by atoms with Gasteiger partial charge in [-0.1, -0.05) is 91.9 Å². The largest absolute Gasteiger partial charge is 0.392 e. The van der Waals surface area contributed by atoms with E-state index < -0.39 is 11.8 Å². The molecule has 4 atom stereocenters. The lowest BCUT2D eigenvalue weighted by Gasteiger charge is -2.46. The second-order valence-corrected chi connectivity index (χ2v) is 13.5. The van der Waals surface area contributed by atoms with Crippen molar-refractivity contribution in [2.45, 2.75) is 57.0 Å². The van der Waals surface area contributed by atoms with Crippen molar-refractivity contribution in [2.24, 2.45) is 5.92 Å². The highest BCUT2D eigenvalue weighted by atomic mass is 16.7. The first-order valence-corrected chi connectivity index (χ1v) is 17.4. The van der Waals surface area contributed by atoms with E-state index in [1.807, 2.05) is 97.1 Å². The number of benzene rings is 4. The number of hydrogen-bond donors (Lipinski definition) is 4. The number of anilines is 2. The molecule has 4 aromatic carbocycles. The minimum atomic E-state index is -0.668. The van der Waals surface area contributed by atoms with Crippen molar-refractivity contribution >= 4 is 23.3 Å². The quantitative estimate of drug-likeness (QED) is 0.180. The molecule has 0 saturated carbocycles. The maximum absolute atomic E-state index is 13.3. The van der Waals surface area contributed by atoms with Gasteiger partial charge in [0.25, 0.3) is 0 Å². The van der Waals surface area contributed by atoms with Crippen molar-refractivity contribution in [2.75, 3.05) is 36.5 Å². The lowest BCUT2D eigenvalue weighted by molar-refractivity contribution is -0.276. The molecule has 4 N–H and O–H groups in total. The molecule has 260 valence electrons. The maximum atomic E-state index is 13.3. The standard InChI is InChI=1S/C40H45N5O5/c1-28-35(25-44-21-19-40(20-22-44)38(47)42-27-45(40)34-13-6-3-7-14-34)49-37(50-36(28)31-17-15-30(26-46)16-18-31)32-11-8-12-33(23-32)43-39(48)41-24-29-9-4-2-5-10-29/h2-18,23,28,35-37,46H,19-22,24-27H2,1H3,(H,42,47)(H2,41,43,48)/t28-,35+,36+,37+/m0/s1. The van der Waals surface area contributed by atoms with Crippen molar-refractivity contribution in [1.29, 1.82) is 0 Å². The molecule has 50 heavy (non-hydrogen) atoms. The fraction of sp³-hybridized carbons (Fsp3) is 0.350. The summed E-state index contributed by atoms with van der Waals surface area (Å²) in [5.41, 5.74) is 4.82. The lowest BCUT2D eigenvalue weighted by Crippen LogP contribution is -2.57. The van der Waals surface area contributed by atoms with Crippen LogP contribution in [0.1, 0.15) is 54.4 Å². The van der Waals surface area contributed by atoms with Crippen LogP contribution < -0.4 is 20.9 Å². The van der Waals surface area contributed by atoms with E-state index in [4.69, 9.17) is 9.47 Å². The summed E-state index contributed by atoms with van der Waals surface area (Å²) in [6.07, 6.45) is 0.348. The van der Waals surface area contributed by atoms with E-state index in [1.165, 1.54) is 0 Å². The molecule has 10 nitrogen and oxygen atoms in total. The zero-order valence-corrected chi connectivity index (χ0v) is 28.3. The first-order chi connectivity index (χ1) is 24.4. The number of carbonyl (C=O) groups excluding carboxylic acids is 2. The zero-order chi connectivity index (χ0) is 34.5. The molecule has 3 saturated heterocycles. The number of amides is 3. The third-order valence-electron chi connectivity index (χ3n) is 10.4. The fourth-order valence-corrected chi connectivity index (χ4v) is 7.44. The van der Waals surface area contributed by atoms with Crippen molar-refractivity contribution < 1.29 is 24.2 Å². The number of piperidine rings is 1. The summed E-state index contributed by atoms with van der Waals surface area (Å²) < 4.78 is 13.4. The number of nitrogens with one attached hydrogen (secondary N) is 3. The van der Waals surface area contributed by atoms with E-state index in [2.05, 4.69) is 44.8 Å². The van der Waals surface area contributed by atoms with Gasteiger partial charge in [-0.25, -0.2) is 4.79 Å². The van der Waals surface area contributed by atoms with Crippen LogP contribution in [0.25, 0.3) is 0 Å². The summed E-state index contributed by atoms with van der Waals surface area (Å²) >= 11 is 0. The normalized spacial score (nSPS) is 23.4. The Bertz CT molecular complexity index is 1750. The second-order valence-electron chi connectivity index (χ2n) is 13.5. The minimum absolute atomic E-state index is 0.0165. The van der Waals surface area contributed by atoms with Crippen LogP contribution in [0.5, 0.6) is 0 Å². The molecular weight excluding hydrogens is 630 g/mol. The van der Waals surface area contributed by atoms with Crippen LogP contribution in [0.3, 0.4) is 0 Å². The zero-order valence-electron chi connectivity index (χ0n) is 28.3. The van der Waals surface area contributed by atoms with E-state index in [1.54, 1.807) is 0 Å². The number of carbonyl (C=O) groups is 2. The van der Waals surface area contributed by atoms with Crippen LogP contribution >= 0.6 is 0 Å². The third-order valence-corrected chi connectivity index (χ3v) is 10.4. The number of ether oxygens (including phenoxy) is 2. The van der Waals surface area contributed by atoms with Gasteiger partial charge in [-0.15, -0.1) is 0 Å². The molecule has 0 unspecified atom stereocenters. The van der Waals surface area contributed by atoms with Crippen LogP contribution in [0.15, 0.2) is 109 Å². The molecule has 3 aliphatic rings. The fourth-order valence-electron chi connectivity index (χ4n) is 7.44. The molecule has 4 aromatic rings. The minimum Gasteiger partial charge on any atom is -0.392 e. The van der Waals surface area contributed by atoms with Gasteiger partial charge < -0.3 is 40.3 Å². The van der Waals surface area contributed by atoms with Gasteiger partial charge in [-0.2, -0.15) is 0 Å². The van der Waals surface area contributed by atoms with Gasteiger partial charge in [0.15, 0.2) is 6.29 Å². The molecule has 0 aromatic heterocycles. The number of rotatable bonds is 9. The Morgan fingerprint density at radius 2 is 1.60 bits per heavy atom. The van der Waals surface area contributed by atoms with Crippen LogP contribution in [0, 0.1) is 5.92 Å². The van der Waals surface area contributed by atoms with Crippen molar-refractivity contribution in [3.8, 4) is 0 Å². The molecule has 10 heteroatoms. The van der Waals surface area contributed by atoms with Gasteiger partial charge >= 0.3 is 6.03 Å². The number of likely N-dealkylation sites (tertiary alicyclic amines) is 1. The van der Waals surface area contributed by atoms with Gasteiger partial charge in [0.1, 0.15) is 5.54 Å². The molecule has 3 heterocycles. The SMILES string of the molecule is C[C@H]1[C@@H](CN2CCC3(CC2)C(=O)NCN3c2ccccc2)O[C@@H](c2cccc(NC(=O)NCc3ccccc3)c2)O[C@H]1c1ccc(CO)cc1. The number of urea groups is 1. The summed E-state index contributed by atoms with van der Waals surface area (Å²) in [7, 11) is 0. The Hall–Kier alpha value is -4.74. The van der Waals surface area contributed by atoms with Crippen molar-refractivity contribution in [1.82, 2.24) is 15.5 Å². The molecule has 0 aliphatic carbocycles. The molecule has 3 aliphatic heterocycles. The Labute approximate surface area is 293 Å². The van der Waals surface area contributed by atoms with Crippen LogP contribution in [-0.4, -0.2) is 59.9 Å². The summed E-state index contributed by atoms with van der Waals surface area (Å²) in [4.78, 5) is 30.7. The van der Waals surface area contributed by atoms with E-state index in [0.29, 0.717) is 25.4 Å². The van der Waals surface area contributed by atoms with Gasteiger partial charge in [0, 0.05) is 49.0 Å². The Balaban J connectivity index is 1.06. The van der Waals surface area contributed by atoms with Gasteiger partial charge in [0.2, 0.25) is 5.91 Å². The van der Waals surface area contributed by atoms with E-state index in [9.17, 15) is 14.7 Å². The summed E-state index contributed by atoms with van der Waals surface area (Å²) in [6.45, 7) is 5.30. The van der Waals surface area contributed by atoms with Crippen LogP contribution in [0.4, 0.5) is 16.2 Å². The number of nitrogens with zero attached hydrogens (tertiary/aromatic N) is 2. The average molecular weight is 676 g/mol. The molecular formula is C40H45N5O5. The molecule has 3 fully saturated rings. The predicted octanol–water partition coefficient (Wildman–Crippen LogP) is 5.72. The number of para-hydroxylation sites is 1. The van der Waals surface area contributed by atoms with Gasteiger partial charge in [-0.05, 0) is 53.8 Å². The lowest BCUT2D eigenvalue weighted by atomic mass is 9.84. The molecule has 1 spiro atoms. The number of aliphatic hydroxyl groups excluding tert-OH is 1. The highest BCUT2D eigenvalue weighted by Gasteiger charge is 2.51. The third kappa shape index (κ3) is 7.25. The number of aliphatic hydroxyl groups is 1. The monoisotopic (exact) mass is 675 g/mol. The van der Waals surface area contributed by atoms with Crippen molar-refractivity contribution in [3.05, 3.63) is 131 Å². The van der Waals surface area contributed by atoms with Crippen molar-refractivity contribution in [3.63, 3.8) is 0 Å². The molecule has 3 amide bonds. The summed E-state index contributed by atoms with van der Waals surface area (Å²) in [5.74, 6) is 0.119. The van der Waals surface area contributed by atoms with Crippen LogP contribution in [0.2, 0.25) is 0 Å². The maximum Gasteiger partial charge on any atom is 0.319 e. The highest BCUT2D eigenvalue weighted by molar-refractivity contribution is 5.93. The topological polar surface area (TPSA) is 115 Å². The van der Waals surface area contributed by atoms with E-state index >= 15 is 0 Å². The Morgan fingerprint density at radius 1 is 0.880 bits per heavy atom. The first kappa shape index (κ1) is 33.7. The van der Waals surface area contributed by atoms with Gasteiger partial charge in [-0.3, -0.25) is 4.79 Å².